The van der Waals surface area contributed by atoms with Crippen molar-refractivity contribution in [3.63, 3.8) is 0 Å². The van der Waals surface area contributed by atoms with Gasteiger partial charge in [0.05, 0.1) is 10.6 Å². The molecule has 0 bridgehead atoms. The van der Waals surface area contributed by atoms with Crippen LogP contribution in [0.1, 0.15) is 11.1 Å². The number of anilines is 1. The van der Waals surface area contributed by atoms with E-state index < -0.39 is 5.91 Å². The molecule has 3 aromatic rings. The van der Waals surface area contributed by atoms with Gasteiger partial charge in [-0.1, -0.05) is 41.9 Å². The van der Waals surface area contributed by atoms with E-state index in [0.717, 1.165) is 22.2 Å². The van der Waals surface area contributed by atoms with Crippen molar-refractivity contribution in [1.82, 2.24) is 0 Å². The van der Waals surface area contributed by atoms with Crippen molar-refractivity contribution in [2.75, 3.05) is 4.90 Å². The number of nitrogens with zero attached hydrogens (tertiary/aromatic N) is 1. The molecular formula is C23H15ClFNO3S. The van der Waals surface area contributed by atoms with Crippen LogP contribution in [0.5, 0.6) is 5.75 Å². The average Bonchev–Trinajstić information content (AvgIpc) is 3.02. The van der Waals surface area contributed by atoms with E-state index in [4.69, 9.17) is 16.3 Å². The molecule has 2 amide bonds. The largest absolute Gasteiger partial charge is 0.488 e. The number of rotatable bonds is 5. The third kappa shape index (κ3) is 4.40. The van der Waals surface area contributed by atoms with E-state index in [-0.39, 0.29) is 17.7 Å². The molecule has 1 aliphatic rings. The molecular weight excluding hydrogens is 425 g/mol. The van der Waals surface area contributed by atoms with Gasteiger partial charge >= 0.3 is 0 Å². The van der Waals surface area contributed by atoms with Crippen LogP contribution in [0.4, 0.5) is 14.9 Å². The first kappa shape index (κ1) is 20.2. The van der Waals surface area contributed by atoms with Crippen LogP contribution >= 0.6 is 23.4 Å². The lowest BCUT2D eigenvalue weighted by Crippen LogP contribution is -2.27. The fraction of sp³-hybridized carbons (Fsp3) is 0.0435. The van der Waals surface area contributed by atoms with E-state index in [1.54, 1.807) is 54.6 Å². The van der Waals surface area contributed by atoms with Crippen LogP contribution in [0, 0.1) is 5.82 Å². The van der Waals surface area contributed by atoms with E-state index in [2.05, 4.69) is 0 Å². The van der Waals surface area contributed by atoms with Crippen LogP contribution in [0.15, 0.2) is 77.7 Å². The van der Waals surface area contributed by atoms with Gasteiger partial charge in [-0.25, -0.2) is 9.29 Å². The molecule has 1 heterocycles. The molecule has 0 aliphatic carbocycles. The highest BCUT2D eigenvalue weighted by Crippen LogP contribution is 2.37. The van der Waals surface area contributed by atoms with Crippen molar-refractivity contribution in [2.24, 2.45) is 0 Å². The van der Waals surface area contributed by atoms with Crippen molar-refractivity contribution < 1.29 is 18.7 Å². The SMILES string of the molecule is O=C1S/C(=C\c2ccccc2OCc2ccc(F)cc2)C(=O)N1c1ccc(Cl)cc1. The number of carbonyl (C=O) groups is 2. The molecule has 30 heavy (non-hydrogen) atoms. The number of amides is 2. The second-order valence-corrected chi connectivity index (χ2v) is 7.88. The number of imide groups is 1. The first-order valence-corrected chi connectivity index (χ1v) is 10.2. The lowest BCUT2D eigenvalue weighted by Gasteiger charge is -2.12. The Morgan fingerprint density at radius 2 is 1.67 bits per heavy atom. The smallest absolute Gasteiger partial charge is 0.298 e. The van der Waals surface area contributed by atoms with Gasteiger partial charge in [0.2, 0.25) is 0 Å². The number of hydrogen-bond donors (Lipinski definition) is 0. The van der Waals surface area contributed by atoms with Gasteiger partial charge in [-0.3, -0.25) is 9.59 Å². The highest BCUT2D eigenvalue weighted by Gasteiger charge is 2.36. The summed E-state index contributed by atoms with van der Waals surface area (Å²) in [6.45, 7) is 0.247. The van der Waals surface area contributed by atoms with Gasteiger partial charge in [-0.05, 0) is 65.9 Å². The second kappa shape index (κ2) is 8.73. The predicted octanol–water partition coefficient (Wildman–Crippen LogP) is 6.30. The molecule has 1 fully saturated rings. The predicted molar refractivity (Wildman–Crippen MR) is 117 cm³/mol. The quantitative estimate of drug-likeness (QED) is 0.438. The van der Waals surface area contributed by atoms with Crippen molar-refractivity contribution in [3.05, 3.63) is 99.7 Å². The van der Waals surface area contributed by atoms with Crippen molar-refractivity contribution in [2.45, 2.75) is 6.61 Å². The summed E-state index contributed by atoms with van der Waals surface area (Å²) in [4.78, 5) is 26.7. The summed E-state index contributed by atoms with van der Waals surface area (Å²) in [5.41, 5.74) is 1.95. The Morgan fingerprint density at radius 1 is 0.967 bits per heavy atom. The minimum absolute atomic E-state index is 0.247. The van der Waals surface area contributed by atoms with Crippen LogP contribution in [0.25, 0.3) is 6.08 Å². The van der Waals surface area contributed by atoms with Crippen LogP contribution in [-0.4, -0.2) is 11.1 Å². The van der Waals surface area contributed by atoms with Crippen LogP contribution in [-0.2, 0) is 11.4 Å². The molecule has 0 saturated carbocycles. The van der Waals surface area contributed by atoms with E-state index in [1.165, 1.54) is 12.1 Å². The van der Waals surface area contributed by atoms with Crippen LogP contribution in [0.2, 0.25) is 5.02 Å². The molecule has 0 radical (unpaired) electrons. The molecule has 0 N–H and O–H groups in total. The summed E-state index contributed by atoms with van der Waals surface area (Å²) in [6.07, 6.45) is 1.64. The molecule has 0 atom stereocenters. The maximum atomic E-state index is 13.1. The lowest BCUT2D eigenvalue weighted by atomic mass is 10.1. The molecule has 4 nitrogen and oxygen atoms in total. The van der Waals surface area contributed by atoms with E-state index in [1.807, 2.05) is 12.1 Å². The molecule has 1 aliphatic heterocycles. The fourth-order valence-corrected chi connectivity index (χ4v) is 3.85. The molecule has 3 aromatic carbocycles. The Kier molecular flexibility index (Phi) is 5.88. The zero-order valence-electron chi connectivity index (χ0n) is 15.5. The van der Waals surface area contributed by atoms with E-state index in [0.29, 0.717) is 26.9 Å². The van der Waals surface area contributed by atoms with Crippen LogP contribution in [0.3, 0.4) is 0 Å². The average molecular weight is 440 g/mol. The molecule has 7 heteroatoms. The number of hydrogen-bond acceptors (Lipinski definition) is 4. The Balaban J connectivity index is 1.56. The van der Waals surface area contributed by atoms with Crippen molar-refractivity contribution in [1.29, 1.82) is 0 Å². The zero-order chi connectivity index (χ0) is 21.1. The number of ether oxygens (including phenoxy) is 1. The number of halogens is 2. The van der Waals surface area contributed by atoms with E-state index in [9.17, 15) is 14.0 Å². The Labute approximate surface area is 181 Å². The number of carbonyl (C=O) groups excluding carboxylic acids is 2. The number of benzene rings is 3. The zero-order valence-corrected chi connectivity index (χ0v) is 17.1. The fourth-order valence-electron chi connectivity index (χ4n) is 2.89. The molecule has 1 saturated heterocycles. The summed E-state index contributed by atoms with van der Waals surface area (Å²) in [5.74, 6) is -0.156. The standard InChI is InChI=1S/C23H15ClFNO3S/c24-17-7-11-19(12-8-17)26-22(27)21(30-23(26)28)13-16-3-1-2-4-20(16)29-14-15-5-9-18(25)10-6-15/h1-13H,14H2/b21-13-. The van der Waals surface area contributed by atoms with Gasteiger partial charge in [0.25, 0.3) is 11.1 Å². The Morgan fingerprint density at radius 3 is 2.40 bits per heavy atom. The summed E-state index contributed by atoms with van der Waals surface area (Å²) in [5, 5.41) is 0.145. The minimum atomic E-state index is -0.402. The van der Waals surface area contributed by atoms with Gasteiger partial charge in [0.15, 0.2) is 0 Å². The topological polar surface area (TPSA) is 46.6 Å². The van der Waals surface area contributed by atoms with Gasteiger partial charge in [0.1, 0.15) is 18.2 Å². The van der Waals surface area contributed by atoms with Gasteiger partial charge < -0.3 is 4.74 Å². The Bertz CT molecular complexity index is 1130. The Hall–Kier alpha value is -3.09. The highest BCUT2D eigenvalue weighted by atomic mass is 35.5. The number of para-hydroxylation sites is 1. The summed E-state index contributed by atoms with van der Waals surface area (Å²) < 4.78 is 18.9. The van der Waals surface area contributed by atoms with Gasteiger partial charge in [-0.2, -0.15) is 0 Å². The molecule has 0 aromatic heterocycles. The lowest BCUT2D eigenvalue weighted by molar-refractivity contribution is -0.113. The van der Waals surface area contributed by atoms with Crippen LogP contribution < -0.4 is 9.64 Å². The first-order chi connectivity index (χ1) is 14.5. The summed E-state index contributed by atoms with van der Waals surface area (Å²) in [7, 11) is 0. The number of thioether (sulfide) groups is 1. The normalized spacial score (nSPS) is 15.1. The minimum Gasteiger partial charge on any atom is -0.488 e. The summed E-state index contributed by atoms with van der Waals surface area (Å²) in [6, 6.07) is 19.8. The third-order valence-electron chi connectivity index (χ3n) is 4.39. The van der Waals surface area contributed by atoms with Crippen molar-refractivity contribution >= 4 is 46.3 Å². The van der Waals surface area contributed by atoms with Crippen molar-refractivity contribution in [3.8, 4) is 5.75 Å². The monoisotopic (exact) mass is 439 g/mol. The molecule has 150 valence electrons. The van der Waals surface area contributed by atoms with Gasteiger partial charge in [-0.15, -0.1) is 0 Å². The maximum absolute atomic E-state index is 13.1. The van der Waals surface area contributed by atoms with E-state index >= 15 is 0 Å². The van der Waals surface area contributed by atoms with Gasteiger partial charge in [0, 0.05) is 10.6 Å². The molecule has 0 spiro atoms. The second-order valence-electron chi connectivity index (χ2n) is 6.45. The molecule has 4 rings (SSSR count). The molecule has 0 unspecified atom stereocenters. The highest BCUT2D eigenvalue weighted by molar-refractivity contribution is 8.19. The third-order valence-corrected chi connectivity index (χ3v) is 5.51. The maximum Gasteiger partial charge on any atom is 0.298 e. The first-order valence-electron chi connectivity index (χ1n) is 9.01. The summed E-state index contributed by atoms with van der Waals surface area (Å²) >= 11 is 6.76.